The first-order chi connectivity index (χ1) is 13.6. The highest BCUT2D eigenvalue weighted by molar-refractivity contribution is 5.97. The van der Waals surface area contributed by atoms with Crippen LogP contribution >= 0.6 is 0 Å². The molecule has 1 atom stereocenters. The van der Waals surface area contributed by atoms with E-state index in [-0.39, 0.29) is 29.1 Å². The molecule has 2 rings (SSSR count). The highest BCUT2D eigenvalue weighted by Crippen LogP contribution is 2.22. The Bertz CT molecular complexity index is 720. The van der Waals surface area contributed by atoms with E-state index in [0.29, 0.717) is 31.5 Å². The van der Waals surface area contributed by atoms with E-state index >= 15 is 0 Å². The average Bonchev–Trinajstić information content (AvgIpc) is 3.07. The van der Waals surface area contributed by atoms with Crippen molar-refractivity contribution in [3.63, 3.8) is 0 Å². The second kappa shape index (κ2) is 9.90. The van der Waals surface area contributed by atoms with Crippen LogP contribution in [-0.2, 0) is 15.0 Å². The summed E-state index contributed by atoms with van der Waals surface area (Å²) in [6.07, 6.45) is 2.26. The molecule has 1 aliphatic rings. The normalized spacial score (nSPS) is 15.5. The van der Waals surface area contributed by atoms with Gasteiger partial charge in [-0.1, -0.05) is 46.8 Å². The van der Waals surface area contributed by atoms with Crippen molar-refractivity contribution in [2.75, 3.05) is 19.6 Å². The molecule has 29 heavy (non-hydrogen) atoms. The van der Waals surface area contributed by atoms with E-state index in [9.17, 15) is 14.4 Å². The molecule has 1 fully saturated rings. The Hall–Kier alpha value is -2.37. The van der Waals surface area contributed by atoms with Gasteiger partial charge in [-0.05, 0) is 41.9 Å². The zero-order valence-corrected chi connectivity index (χ0v) is 18.4. The Kier molecular flexibility index (Phi) is 7.82. The SMILES string of the molecule is CC(C)C(NC(=O)c1ccc(C(C)(C)C)cc1)C(=O)NCCCN1CCCC1=O. The molecule has 0 radical (unpaired) electrons. The Balaban J connectivity index is 1.86. The number of likely N-dealkylation sites (tertiary alicyclic amines) is 1. The van der Waals surface area contributed by atoms with Crippen LogP contribution in [0.25, 0.3) is 0 Å². The van der Waals surface area contributed by atoms with Gasteiger partial charge in [0.1, 0.15) is 6.04 Å². The van der Waals surface area contributed by atoms with Crippen LogP contribution in [0.5, 0.6) is 0 Å². The third kappa shape index (κ3) is 6.58. The molecule has 0 aliphatic carbocycles. The molecule has 1 aliphatic heterocycles. The van der Waals surface area contributed by atoms with Crippen LogP contribution in [0.2, 0.25) is 0 Å². The van der Waals surface area contributed by atoms with Gasteiger partial charge in [0.15, 0.2) is 0 Å². The Morgan fingerprint density at radius 3 is 2.31 bits per heavy atom. The minimum absolute atomic E-state index is 0.0229. The Morgan fingerprint density at radius 2 is 1.79 bits per heavy atom. The summed E-state index contributed by atoms with van der Waals surface area (Å²) in [5.74, 6) is -0.275. The van der Waals surface area contributed by atoms with Crippen LogP contribution in [0.3, 0.4) is 0 Å². The molecular formula is C23H35N3O3. The van der Waals surface area contributed by atoms with Gasteiger partial charge in [-0.25, -0.2) is 0 Å². The molecule has 160 valence electrons. The predicted molar refractivity (Wildman–Crippen MR) is 115 cm³/mol. The van der Waals surface area contributed by atoms with Crippen LogP contribution in [-0.4, -0.2) is 48.3 Å². The summed E-state index contributed by atoms with van der Waals surface area (Å²) >= 11 is 0. The Labute approximate surface area is 174 Å². The van der Waals surface area contributed by atoms with Crippen molar-refractivity contribution in [1.82, 2.24) is 15.5 Å². The highest BCUT2D eigenvalue weighted by Gasteiger charge is 2.25. The molecule has 1 aromatic carbocycles. The molecule has 1 aromatic rings. The van der Waals surface area contributed by atoms with Gasteiger partial charge in [0.05, 0.1) is 0 Å². The lowest BCUT2D eigenvalue weighted by Gasteiger charge is -2.23. The van der Waals surface area contributed by atoms with E-state index in [1.165, 1.54) is 0 Å². The summed E-state index contributed by atoms with van der Waals surface area (Å²) < 4.78 is 0. The minimum Gasteiger partial charge on any atom is -0.354 e. The number of carbonyl (C=O) groups is 3. The number of hydrogen-bond acceptors (Lipinski definition) is 3. The van der Waals surface area contributed by atoms with Gasteiger partial charge < -0.3 is 15.5 Å². The van der Waals surface area contributed by atoms with E-state index in [0.717, 1.165) is 18.5 Å². The van der Waals surface area contributed by atoms with Crippen molar-refractivity contribution in [1.29, 1.82) is 0 Å². The summed E-state index contributed by atoms with van der Waals surface area (Å²) in [6, 6.07) is 6.92. The first kappa shape index (κ1) is 22.9. The van der Waals surface area contributed by atoms with Gasteiger partial charge >= 0.3 is 0 Å². The minimum atomic E-state index is -0.599. The van der Waals surface area contributed by atoms with Crippen molar-refractivity contribution in [2.45, 2.75) is 65.3 Å². The van der Waals surface area contributed by atoms with Crippen LogP contribution < -0.4 is 10.6 Å². The molecule has 2 N–H and O–H groups in total. The molecule has 3 amide bonds. The maximum absolute atomic E-state index is 12.6. The smallest absolute Gasteiger partial charge is 0.251 e. The standard InChI is InChI=1S/C23H35N3O3/c1-16(2)20(22(29)24-13-7-15-26-14-6-8-19(26)27)25-21(28)17-9-11-18(12-10-17)23(3,4)5/h9-12,16,20H,6-8,13-15H2,1-5H3,(H,24,29)(H,25,28). The number of carbonyl (C=O) groups excluding carboxylic acids is 3. The maximum atomic E-state index is 12.6. The summed E-state index contributed by atoms with van der Waals surface area (Å²) in [5, 5.41) is 5.76. The van der Waals surface area contributed by atoms with Crippen molar-refractivity contribution >= 4 is 17.7 Å². The second-order valence-corrected chi connectivity index (χ2v) is 9.15. The highest BCUT2D eigenvalue weighted by atomic mass is 16.2. The fourth-order valence-corrected chi connectivity index (χ4v) is 3.41. The zero-order valence-electron chi connectivity index (χ0n) is 18.4. The summed E-state index contributed by atoms with van der Waals surface area (Å²) in [6.45, 7) is 12.2. The van der Waals surface area contributed by atoms with E-state index < -0.39 is 6.04 Å². The molecule has 0 aromatic heterocycles. The van der Waals surface area contributed by atoms with Crippen molar-refractivity contribution in [2.24, 2.45) is 5.92 Å². The molecule has 0 spiro atoms. The second-order valence-electron chi connectivity index (χ2n) is 9.15. The summed E-state index contributed by atoms with van der Waals surface area (Å²) in [4.78, 5) is 38.7. The largest absolute Gasteiger partial charge is 0.354 e. The van der Waals surface area contributed by atoms with Gasteiger partial charge in [0, 0.05) is 31.6 Å². The first-order valence-electron chi connectivity index (χ1n) is 10.6. The molecule has 6 heteroatoms. The van der Waals surface area contributed by atoms with Crippen molar-refractivity contribution in [3.05, 3.63) is 35.4 Å². The van der Waals surface area contributed by atoms with Crippen molar-refractivity contribution < 1.29 is 14.4 Å². The van der Waals surface area contributed by atoms with E-state index in [1.54, 1.807) is 12.1 Å². The third-order valence-corrected chi connectivity index (χ3v) is 5.32. The number of benzene rings is 1. The Morgan fingerprint density at radius 1 is 1.14 bits per heavy atom. The lowest BCUT2D eigenvalue weighted by molar-refractivity contribution is -0.127. The monoisotopic (exact) mass is 401 g/mol. The van der Waals surface area contributed by atoms with Gasteiger partial charge in [-0.2, -0.15) is 0 Å². The van der Waals surface area contributed by atoms with Crippen LogP contribution in [0.15, 0.2) is 24.3 Å². The maximum Gasteiger partial charge on any atom is 0.251 e. The average molecular weight is 402 g/mol. The number of nitrogens with zero attached hydrogens (tertiary/aromatic N) is 1. The van der Waals surface area contributed by atoms with Crippen LogP contribution in [0, 0.1) is 5.92 Å². The topological polar surface area (TPSA) is 78.5 Å². The number of rotatable bonds is 8. The predicted octanol–water partition coefficient (Wildman–Crippen LogP) is 2.87. The summed E-state index contributed by atoms with van der Waals surface area (Å²) in [7, 11) is 0. The van der Waals surface area contributed by atoms with E-state index in [2.05, 4.69) is 31.4 Å². The molecule has 6 nitrogen and oxygen atoms in total. The first-order valence-corrected chi connectivity index (χ1v) is 10.6. The zero-order chi connectivity index (χ0) is 21.6. The lowest BCUT2D eigenvalue weighted by atomic mass is 9.86. The molecule has 1 heterocycles. The number of hydrogen-bond donors (Lipinski definition) is 2. The molecule has 0 saturated carbocycles. The number of nitrogens with one attached hydrogen (secondary N) is 2. The van der Waals surface area contributed by atoms with Gasteiger partial charge in [-0.15, -0.1) is 0 Å². The van der Waals surface area contributed by atoms with E-state index in [1.807, 2.05) is 30.9 Å². The van der Waals surface area contributed by atoms with Gasteiger partial charge in [0.25, 0.3) is 5.91 Å². The summed E-state index contributed by atoms with van der Waals surface area (Å²) in [5.41, 5.74) is 1.72. The molecule has 1 saturated heterocycles. The van der Waals surface area contributed by atoms with Crippen LogP contribution in [0.4, 0.5) is 0 Å². The van der Waals surface area contributed by atoms with Crippen LogP contribution in [0.1, 0.15) is 69.8 Å². The molecular weight excluding hydrogens is 366 g/mol. The fraction of sp³-hybridized carbons (Fsp3) is 0.609. The van der Waals surface area contributed by atoms with Gasteiger partial charge in [-0.3, -0.25) is 14.4 Å². The number of amides is 3. The fourth-order valence-electron chi connectivity index (χ4n) is 3.41. The van der Waals surface area contributed by atoms with Crippen molar-refractivity contribution in [3.8, 4) is 0 Å². The third-order valence-electron chi connectivity index (χ3n) is 5.32. The van der Waals surface area contributed by atoms with E-state index in [4.69, 9.17) is 0 Å². The van der Waals surface area contributed by atoms with Gasteiger partial charge in [0.2, 0.25) is 11.8 Å². The lowest BCUT2D eigenvalue weighted by Crippen LogP contribution is -2.50. The molecule has 1 unspecified atom stereocenters. The molecule has 0 bridgehead atoms. The quantitative estimate of drug-likeness (QED) is 0.658.